The number of ether oxygens (including phenoxy) is 2. The van der Waals surface area contributed by atoms with Crippen LogP contribution in [0.2, 0.25) is 0 Å². The number of hydrogen-bond acceptors (Lipinski definition) is 6. The van der Waals surface area contributed by atoms with Crippen LogP contribution in [0.1, 0.15) is 22.6 Å². The Hall–Kier alpha value is -3.61. The number of benzene rings is 1. The highest BCUT2D eigenvalue weighted by Crippen LogP contribution is 2.42. The lowest BCUT2D eigenvalue weighted by molar-refractivity contribution is 0.354. The number of fused-ring (bicyclic) bond motifs is 3. The minimum Gasteiger partial charge on any atom is -0.493 e. The summed E-state index contributed by atoms with van der Waals surface area (Å²) in [7, 11) is 3.34. The zero-order chi connectivity index (χ0) is 20.7. The van der Waals surface area contributed by atoms with Crippen LogP contribution >= 0.6 is 0 Å². The predicted octanol–water partition coefficient (Wildman–Crippen LogP) is 3.25. The summed E-state index contributed by atoms with van der Waals surface area (Å²) in [5, 5.41) is 3.38. The molecule has 3 aromatic rings. The van der Waals surface area contributed by atoms with Gasteiger partial charge in [0.05, 0.1) is 25.6 Å². The molecule has 0 saturated carbocycles. The first-order valence-corrected chi connectivity index (χ1v) is 9.92. The fourth-order valence-electron chi connectivity index (χ4n) is 4.23. The topological polar surface area (TPSA) is 74.1 Å². The molecule has 0 atom stereocenters. The average Bonchev–Trinajstić information content (AvgIpc) is 3.15. The highest BCUT2D eigenvalue weighted by atomic mass is 16.5. The Morgan fingerprint density at radius 2 is 1.83 bits per heavy atom. The molecule has 152 valence electrons. The third-order valence-corrected chi connectivity index (χ3v) is 5.71. The van der Waals surface area contributed by atoms with Gasteiger partial charge in [-0.2, -0.15) is 0 Å². The van der Waals surface area contributed by atoms with E-state index < -0.39 is 0 Å². The van der Waals surface area contributed by atoms with Gasteiger partial charge < -0.3 is 19.4 Å². The van der Waals surface area contributed by atoms with Crippen molar-refractivity contribution in [3.63, 3.8) is 0 Å². The second kappa shape index (κ2) is 7.33. The molecule has 0 fully saturated rings. The van der Waals surface area contributed by atoms with Gasteiger partial charge in [0, 0.05) is 48.4 Å². The number of methoxy groups -OCH3 is 2. The minimum atomic E-state index is 0.712. The normalized spacial score (nSPS) is 14.8. The number of allylic oxidation sites excluding steroid dienone is 2. The molecule has 2 aromatic heterocycles. The molecule has 0 amide bonds. The van der Waals surface area contributed by atoms with Gasteiger partial charge in [-0.1, -0.05) is 0 Å². The Labute approximate surface area is 175 Å². The summed E-state index contributed by atoms with van der Waals surface area (Å²) in [6.07, 6.45) is 10.3. The van der Waals surface area contributed by atoms with Gasteiger partial charge in [0.1, 0.15) is 12.2 Å². The van der Waals surface area contributed by atoms with Crippen molar-refractivity contribution in [2.24, 2.45) is 0 Å². The lowest BCUT2D eigenvalue weighted by atomic mass is 9.93. The lowest BCUT2D eigenvalue weighted by Gasteiger charge is -2.23. The van der Waals surface area contributed by atoms with Gasteiger partial charge in [0.25, 0.3) is 0 Å². The lowest BCUT2D eigenvalue weighted by Crippen LogP contribution is -2.16. The van der Waals surface area contributed by atoms with E-state index in [4.69, 9.17) is 14.5 Å². The molecule has 0 radical (unpaired) electrons. The number of rotatable bonds is 4. The fraction of sp³-hybridized carbons (Fsp3) is 0.261. The molecule has 30 heavy (non-hydrogen) atoms. The summed E-state index contributed by atoms with van der Waals surface area (Å²) in [4.78, 5) is 13.3. The second-order valence-corrected chi connectivity index (χ2v) is 7.40. The van der Waals surface area contributed by atoms with E-state index in [-0.39, 0.29) is 0 Å². The van der Waals surface area contributed by atoms with Crippen LogP contribution in [0.3, 0.4) is 0 Å². The molecular weight excluding hydrogens is 378 g/mol. The minimum absolute atomic E-state index is 0.712. The van der Waals surface area contributed by atoms with Crippen molar-refractivity contribution in [2.45, 2.75) is 19.9 Å². The highest BCUT2D eigenvalue weighted by Gasteiger charge is 2.27. The third-order valence-electron chi connectivity index (χ3n) is 5.71. The molecule has 1 N–H and O–H groups in total. The van der Waals surface area contributed by atoms with Crippen LogP contribution in [0.5, 0.6) is 11.5 Å². The average molecular weight is 401 g/mol. The van der Waals surface area contributed by atoms with Crippen molar-refractivity contribution in [1.82, 2.24) is 24.8 Å². The van der Waals surface area contributed by atoms with E-state index in [1.54, 1.807) is 20.5 Å². The number of nitrogens with one attached hydrogen (secondary N) is 1. The maximum absolute atomic E-state index is 5.58. The number of aryl methyl sites for hydroxylation is 2. The maximum Gasteiger partial charge on any atom is 0.161 e. The predicted molar refractivity (Wildman–Crippen MR) is 115 cm³/mol. The molecule has 7 nitrogen and oxygen atoms in total. The summed E-state index contributed by atoms with van der Waals surface area (Å²) >= 11 is 0. The molecule has 0 spiro atoms. The number of nitrogens with zero attached hydrogens (tertiary/aromatic N) is 4. The van der Waals surface area contributed by atoms with Gasteiger partial charge in [-0.3, -0.25) is 0 Å². The molecule has 0 saturated heterocycles. The van der Waals surface area contributed by atoms with Gasteiger partial charge in [-0.05, 0) is 42.7 Å². The van der Waals surface area contributed by atoms with Crippen molar-refractivity contribution < 1.29 is 9.47 Å². The summed E-state index contributed by atoms with van der Waals surface area (Å²) in [5.74, 6) is 2.50. The van der Waals surface area contributed by atoms with Crippen LogP contribution in [0.25, 0.3) is 22.4 Å². The molecule has 1 aromatic carbocycles. The molecule has 5 rings (SSSR count). The molecular formula is C23H23N5O2. The van der Waals surface area contributed by atoms with Crippen molar-refractivity contribution in [3.8, 4) is 22.8 Å². The van der Waals surface area contributed by atoms with Gasteiger partial charge in [-0.15, -0.1) is 0 Å². The van der Waals surface area contributed by atoms with Crippen LogP contribution in [-0.4, -0.2) is 40.3 Å². The molecule has 2 aliphatic heterocycles. The monoisotopic (exact) mass is 401 g/mol. The molecule has 0 aliphatic carbocycles. The Morgan fingerprint density at radius 3 is 2.60 bits per heavy atom. The first kappa shape index (κ1) is 18.4. The van der Waals surface area contributed by atoms with Gasteiger partial charge in [-0.25, -0.2) is 15.0 Å². The third kappa shape index (κ3) is 2.94. The Kier molecular flexibility index (Phi) is 4.50. The summed E-state index contributed by atoms with van der Waals surface area (Å²) in [5.41, 5.74) is 7.67. The molecule has 4 heterocycles. The summed E-state index contributed by atoms with van der Waals surface area (Å²) in [6, 6.07) is 4.16. The Balaban J connectivity index is 1.65. The fourth-order valence-corrected chi connectivity index (χ4v) is 4.23. The van der Waals surface area contributed by atoms with E-state index in [0.29, 0.717) is 6.54 Å². The van der Waals surface area contributed by atoms with Gasteiger partial charge >= 0.3 is 0 Å². The SMILES string of the molecule is COc1cc2c(cc1OC)-c1c(C3=CC(c4cncnc4)=CNC3)nc(C)n1CC2. The van der Waals surface area contributed by atoms with Gasteiger partial charge in [0.15, 0.2) is 11.5 Å². The van der Waals surface area contributed by atoms with E-state index >= 15 is 0 Å². The molecule has 2 aliphatic rings. The van der Waals surface area contributed by atoms with Crippen LogP contribution in [0, 0.1) is 6.92 Å². The van der Waals surface area contributed by atoms with E-state index in [2.05, 4.69) is 45.0 Å². The standard InChI is InChI=1S/C23H23N5O2/c1-14-27-22(17-6-16(9-24-10-17)18-11-25-13-26-12-18)23-19-8-21(30-3)20(29-2)7-15(19)4-5-28(14)23/h6-9,11-13,24H,4-5,10H2,1-3H3. The zero-order valence-corrected chi connectivity index (χ0v) is 17.3. The summed E-state index contributed by atoms with van der Waals surface area (Å²) in [6.45, 7) is 3.67. The maximum atomic E-state index is 5.58. The summed E-state index contributed by atoms with van der Waals surface area (Å²) < 4.78 is 13.4. The van der Waals surface area contributed by atoms with E-state index in [1.165, 1.54) is 5.56 Å². The molecule has 7 heteroatoms. The largest absolute Gasteiger partial charge is 0.493 e. The first-order chi connectivity index (χ1) is 14.7. The number of hydrogen-bond donors (Lipinski definition) is 1. The van der Waals surface area contributed by atoms with Crippen LogP contribution in [0.4, 0.5) is 0 Å². The van der Waals surface area contributed by atoms with E-state index in [1.807, 2.05) is 18.6 Å². The molecule has 0 unspecified atom stereocenters. The molecule has 0 bridgehead atoms. The van der Waals surface area contributed by atoms with Crippen LogP contribution in [-0.2, 0) is 13.0 Å². The van der Waals surface area contributed by atoms with Gasteiger partial charge in [0.2, 0.25) is 0 Å². The smallest absolute Gasteiger partial charge is 0.161 e. The zero-order valence-electron chi connectivity index (χ0n) is 17.3. The number of imidazole rings is 1. The second-order valence-electron chi connectivity index (χ2n) is 7.40. The van der Waals surface area contributed by atoms with E-state index in [0.717, 1.165) is 63.9 Å². The number of dihydropyridines is 1. The van der Waals surface area contributed by atoms with Crippen molar-refractivity contribution in [3.05, 3.63) is 65.8 Å². The van der Waals surface area contributed by atoms with Crippen molar-refractivity contribution >= 4 is 11.1 Å². The number of aromatic nitrogens is 4. The highest BCUT2D eigenvalue weighted by molar-refractivity contribution is 5.89. The van der Waals surface area contributed by atoms with Crippen LogP contribution in [0.15, 0.2) is 43.1 Å². The van der Waals surface area contributed by atoms with Crippen molar-refractivity contribution in [1.29, 1.82) is 0 Å². The van der Waals surface area contributed by atoms with Crippen molar-refractivity contribution in [2.75, 3.05) is 20.8 Å². The Morgan fingerprint density at radius 1 is 1.07 bits per heavy atom. The first-order valence-electron chi connectivity index (χ1n) is 9.92. The van der Waals surface area contributed by atoms with E-state index in [9.17, 15) is 0 Å². The van der Waals surface area contributed by atoms with Crippen LogP contribution < -0.4 is 14.8 Å². The Bertz CT molecular complexity index is 1180. The quantitative estimate of drug-likeness (QED) is 0.723.